The molecule has 1 aliphatic rings. The summed E-state index contributed by atoms with van der Waals surface area (Å²) in [7, 11) is 1.78. The maximum Gasteiger partial charge on any atom is 0.160 e. The van der Waals surface area contributed by atoms with Gasteiger partial charge in [-0.15, -0.1) is 0 Å². The minimum Gasteiger partial charge on any atom is -0.381 e. The Morgan fingerprint density at radius 2 is 1.87 bits per heavy atom. The lowest BCUT2D eigenvalue weighted by atomic mass is 9.96. The fraction of sp³-hybridized carbons (Fsp3) is 0.320. The summed E-state index contributed by atoms with van der Waals surface area (Å²) < 4.78 is 5.46. The van der Waals surface area contributed by atoms with Crippen molar-refractivity contribution in [2.75, 3.05) is 25.1 Å². The highest BCUT2D eigenvalue weighted by Gasteiger charge is 2.19. The number of carbonyl (C=O) groups is 1. The van der Waals surface area contributed by atoms with E-state index in [9.17, 15) is 10.1 Å². The number of benzene rings is 2. The monoisotopic (exact) mass is 399 g/mol. The molecule has 0 aliphatic carbocycles. The molecule has 1 saturated heterocycles. The zero-order chi connectivity index (χ0) is 21.3. The molecule has 0 amide bonds. The van der Waals surface area contributed by atoms with Crippen LogP contribution in [-0.2, 0) is 4.74 Å². The second-order valence-corrected chi connectivity index (χ2v) is 7.90. The van der Waals surface area contributed by atoms with Gasteiger partial charge in [-0.2, -0.15) is 5.26 Å². The summed E-state index contributed by atoms with van der Waals surface area (Å²) >= 11 is 0. The average molecular weight is 399 g/mol. The standard InChI is InChI=1S/C25H25N3O2/c1-16-12-21(17(2)29)23-14-22(25(15-26)27-24(23)13-16)18-4-6-19(7-5-18)28-10-8-20(30-3)9-11-28/h4-7,12-14,20H,8-11H2,1-3H3. The number of hydrogen-bond donors (Lipinski definition) is 0. The molecule has 152 valence electrons. The fourth-order valence-corrected chi connectivity index (χ4v) is 4.21. The van der Waals surface area contributed by atoms with E-state index in [1.807, 2.05) is 37.3 Å². The summed E-state index contributed by atoms with van der Waals surface area (Å²) in [6.07, 6.45) is 2.40. The van der Waals surface area contributed by atoms with Crippen LogP contribution in [0.1, 0.15) is 41.4 Å². The summed E-state index contributed by atoms with van der Waals surface area (Å²) in [4.78, 5) is 19.1. The minimum atomic E-state index is -0.00373. The molecule has 0 saturated carbocycles. The van der Waals surface area contributed by atoms with Crippen molar-refractivity contribution in [2.24, 2.45) is 0 Å². The van der Waals surface area contributed by atoms with Gasteiger partial charge in [0, 0.05) is 42.4 Å². The van der Waals surface area contributed by atoms with Gasteiger partial charge in [-0.1, -0.05) is 12.1 Å². The highest BCUT2D eigenvalue weighted by atomic mass is 16.5. The quantitative estimate of drug-likeness (QED) is 0.584. The van der Waals surface area contributed by atoms with Crippen molar-refractivity contribution >= 4 is 22.4 Å². The Bertz CT molecular complexity index is 1140. The highest BCUT2D eigenvalue weighted by Crippen LogP contribution is 2.31. The van der Waals surface area contributed by atoms with Crippen LogP contribution in [0.3, 0.4) is 0 Å². The van der Waals surface area contributed by atoms with E-state index < -0.39 is 0 Å². The van der Waals surface area contributed by atoms with E-state index in [2.05, 4.69) is 28.1 Å². The molecule has 1 fully saturated rings. The largest absolute Gasteiger partial charge is 0.381 e. The average Bonchev–Trinajstić information content (AvgIpc) is 2.77. The SMILES string of the molecule is COC1CCN(c2ccc(-c3cc4c(C(C)=O)cc(C)cc4nc3C#N)cc2)CC1. The lowest BCUT2D eigenvalue weighted by molar-refractivity contribution is 0.0819. The van der Waals surface area contributed by atoms with Crippen molar-refractivity contribution in [3.63, 3.8) is 0 Å². The summed E-state index contributed by atoms with van der Waals surface area (Å²) in [6.45, 7) is 5.44. The van der Waals surface area contributed by atoms with Crippen molar-refractivity contribution in [1.29, 1.82) is 5.26 Å². The number of fused-ring (bicyclic) bond motifs is 1. The number of nitriles is 1. The third-order valence-corrected chi connectivity index (χ3v) is 5.88. The highest BCUT2D eigenvalue weighted by molar-refractivity contribution is 6.07. The first-order chi connectivity index (χ1) is 14.5. The number of nitrogens with zero attached hydrogens (tertiary/aromatic N) is 3. The van der Waals surface area contributed by atoms with E-state index >= 15 is 0 Å². The van der Waals surface area contributed by atoms with Crippen LogP contribution in [0.2, 0.25) is 0 Å². The molecule has 5 nitrogen and oxygen atoms in total. The van der Waals surface area contributed by atoms with Crippen LogP contribution in [0.15, 0.2) is 42.5 Å². The van der Waals surface area contributed by atoms with E-state index in [0.29, 0.717) is 22.9 Å². The molecule has 1 aromatic heterocycles. The molecule has 0 radical (unpaired) electrons. The van der Waals surface area contributed by atoms with E-state index in [1.54, 1.807) is 14.0 Å². The number of hydrogen-bond acceptors (Lipinski definition) is 5. The molecule has 4 rings (SSSR count). The van der Waals surface area contributed by atoms with Gasteiger partial charge in [-0.05, 0) is 68.1 Å². The predicted molar refractivity (Wildman–Crippen MR) is 119 cm³/mol. The normalized spacial score (nSPS) is 14.7. The van der Waals surface area contributed by atoms with Crippen LogP contribution >= 0.6 is 0 Å². The van der Waals surface area contributed by atoms with Gasteiger partial charge < -0.3 is 9.64 Å². The van der Waals surface area contributed by atoms with E-state index in [1.165, 1.54) is 5.69 Å². The molecule has 0 bridgehead atoms. The van der Waals surface area contributed by atoms with Gasteiger partial charge in [0.1, 0.15) is 11.8 Å². The number of aromatic nitrogens is 1. The molecule has 1 aliphatic heterocycles. The van der Waals surface area contributed by atoms with Gasteiger partial charge in [0.15, 0.2) is 5.78 Å². The van der Waals surface area contributed by atoms with Crippen molar-refractivity contribution in [3.8, 4) is 17.2 Å². The van der Waals surface area contributed by atoms with Crippen LogP contribution in [-0.4, -0.2) is 37.1 Å². The molecule has 0 N–H and O–H groups in total. The Balaban J connectivity index is 1.72. The second kappa shape index (κ2) is 8.25. The van der Waals surface area contributed by atoms with Gasteiger partial charge in [0.25, 0.3) is 0 Å². The van der Waals surface area contributed by atoms with Gasteiger partial charge in [-0.25, -0.2) is 4.98 Å². The molecule has 5 heteroatoms. The van der Waals surface area contributed by atoms with Crippen LogP contribution in [0, 0.1) is 18.3 Å². The number of rotatable bonds is 4. The van der Waals surface area contributed by atoms with Gasteiger partial charge in [-0.3, -0.25) is 4.79 Å². The molecule has 3 aromatic rings. The van der Waals surface area contributed by atoms with Crippen molar-refractivity contribution in [2.45, 2.75) is 32.8 Å². The van der Waals surface area contributed by atoms with Gasteiger partial charge in [0.2, 0.25) is 0 Å². The first kappa shape index (κ1) is 20.1. The third-order valence-electron chi connectivity index (χ3n) is 5.88. The van der Waals surface area contributed by atoms with E-state index in [4.69, 9.17) is 4.74 Å². The first-order valence-electron chi connectivity index (χ1n) is 10.2. The smallest absolute Gasteiger partial charge is 0.160 e. The molecule has 0 unspecified atom stereocenters. The number of piperidine rings is 1. The lowest BCUT2D eigenvalue weighted by Gasteiger charge is -2.33. The van der Waals surface area contributed by atoms with E-state index in [-0.39, 0.29) is 5.78 Å². The Labute approximate surface area is 176 Å². The minimum absolute atomic E-state index is 0.00373. The summed E-state index contributed by atoms with van der Waals surface area (Å²) in [5.74, 6) is -0.00373. The number of ketones is 1. The van der Waals surface area contributed by atoms with Crippen molar-refractivity contribution < 1.29 is 9.53 Å². The van der Waals surface area contributed by atoms with Crippen LogP contribution in [0.25, 0.3) is 22.0 Å². The van der Waals surface area contributed by atoms with Crippen LogP contribution < -0.4 is 4.90 Å². The maximum atomic E-state index is 12.2. The van der Waals surface area contributed by atoms with Crippen molar-refractivity contribution in [3.05, 3.63) is 59.3 Å². The Morgan fingerprint density at radius 1 is 1.17 bits per heavy atom. The number of carbonyl (C=O) groups excluding carboxylic acids is 1. The van der Waals surface area contributed by atoms with Crippen LogP contribution in [0.5, 0.6) is 0 Å². The number of pyridine rings is 1. The second-order valence-electron chi connectivity index (χ2n) is 7.90. The molecule has 0 atom stereocenters. The number of aryl methyl sites for hydroxylation is 1. The molecular weight excluding hydrogens is 374 g/mol. The van der Waals surface area contributed by atoms with E-state index in [0.717, 1.165) is 48.0 Å². The zero-order valence-corrected chi connectivity index (χ0v) is 17.6. The third kappa shape index (κ3) is 3.79. The number of ether oxygens (including phenoxy) is 1. The van der Waals surface area contributed by atoms with Gasteiger partial charge in [0.05, 0.1) is 11.6 Å². The Hall–Kier alpha value is -3.23. The maximum absolute atomic E-state index is 12.2. The number of methoxy groups -OCH3 is 1. The van der Waals surface area contributed by atoms with Crippen LogP contribution in [0.4, 0.5) is 5.69 Å². The first-order valence-corrected chi connectivity index (χ1v) is 10.2. The summed E-state index contributed by atoms with van der Waals surface area (Å²) in [6, 6.07) is 16.2. The number of Topliss-reactive ketones (excluding diaryl/α,β-unsaturated/α-hetero) is 1. The van der Waals surface area contributed by atoms with Crippen molar-refractivity contribution in [1.82, 2.24) is 4.98 Å². The Morgan fingerprint density at radius 3 is 2.47 bits per heavy atom. The Kier molecular flexibility index (Phi) is 5.52. The predicted octanol–water partition coefficient (Wildman–Crippen LogP) is 4.90. The lowest BCUT2D eigenvalue weighted by Crippen LogP contribution is -2.36. The number of anilines is 1. The zero-order valence-electron chi connectivity index (χ0n) is 17.6. The summed E-state index contributed by atoms with van der Waals surface area (Å²) in [5.41, 5.74) is 5.49. The molecule has 2 aromatic carbocycles. The fourth-order valence-electron chi connectivity index (χ4n) is 4.21. The molecule has 30 heavy (non-hydrogen) atoms. The summed E-state index contributed by atoms with van der Waals surface area (Å²) in [5, 5.41) is 10.5. The molecule has 0 spiro atoms. The molecule has 2 heterocycles. The topological polar surface area (TPSA) is 66.2 Å². The molecular formula is C25H25N3O2. The van der Waals surface area contributed by atoms with Gasteiger partial charge >= 0.3 is 0 Å².